The Kier molecular flexibility index (Phi) is 5.16. The molecule has 0 unspecified atom stereocenters. The van der Waals surface area contributed by atoms with Gasteiger partial charge in [0.2, 0.25) is 5.91 Å². The first-order chi connectivity index (χ1) is 11.0. The van der Waals surface area contributed by atoms with Gasteiger partial charge in [-0.3, -0.25) is 9.59 Å². The summed E-state index contributed by atoms with van der Waals surface area (Å²) in [4.78, 5) is 35.5. The van der Waals surface area contributed by atoms with Crippen LogP contribution in [0.15, 0.2) is 30.4 Å². The molecular weight excluding hydrogens is 298 g/mol. The lowest BCUT2D eigenvalue weighted by Crippen LogP contribution is -2.35. The summed E-state index contributed by atoms with van der Waals surface area (Å²) < 4.78 is 4.70. The quantitative estimate of drug-likeness (QED) is 0.657. The number of hydrogen-bond acceptors (Lipinski definition) is 4. The normalized spacial score (nSPS) is 19.9. The highest BCUT2D eigenvalue weighted by atomic mass is 16.5. The van der Waals surface area contributed by atoms with Crippen molar-refractivity contribution < 1.29 is 24.2 Å². The molecule has 0 fully saturated rings. The molecule has 1 aliphatic rings. The number of rotatable bonds is 4. The maximum absolute atomic E-state index is 12.5. The van der Waals surface area contributed by atoms with Crippen LogP contribution in [0.3, 0.4) is 0 Å². The van der Waals surface area contributed by atoms with Gasteiger partial charge in [-0.15, -0.1) is 0 Å². The Balaban J connectivity index is 2.22. The predicted octanol–water partition coefficient (Wildman–Crippen LogP) is 2.39. The Hall–Kier alpha value is -2.63. The minimum Gasteiger partial charge on any atom is -0.481 e. The van der Waals surface area contributed by atoms with E-state index in [0.717, 1.165) is 0 Å². The number of hydrogen-bond donors (Lipinski definition) is 2. The van der Waals surface area contributed by atoms with Gasteiger partial charge in [-0.25, -0.2) is 4.79 Å². The number of carboxylic acids is 1. The molecule has 1 aromatic carbocycles. The number of amides is 1. The van der Waals surface area contributed by atoms with Crippen LogP contribution in [0.1, 0.15) is 28.8 Å². The number of carbonyl (C=O) groups is 3. The van der Waals surface area contributed by atoms with E-state index < -0.39 is 23.8 Å². The summed E-state index contributed by atoms with van der Waals surface area (Å²) in [5.74, 6) is -3.17. The van der Waals surface area contributed by atoms with Crippen molar-refractivity contribution in [1.29, 1.82) is 0 Å². The van der Waals surface area contributed by atoms with Gasteiger partial charge in [0.25, 0.3) is 0 Å². The molecule has 6 nitrogen and oxygen atoms in total. The Morgan fingerprint density at radius 2 is 1.83 bits per heavy atom. The van der Waals surface area contributed by atoms with Crippen LogP contribution in [0.4, 0.5) is 5.69 Å². The molecule has 1 amide bonds. The van der Waals surface area contributed by atoms with E-state index in [2.05, 4.69) is 5.32 Å². The minimum atomic E-state index is -0.977. The fourth-order valence-electron chi connectivity index (χ4n) is 2.70. The van der Waals surface area contributed by atoms with Crippen LogP contribution in [-0.4, -0.2) is 30.1 Å². The van der Waals surface area contributed by atoms with Crippen molar-refractivity contribution in [2.24, 2.45) is 11.8 Å². The van der Waals surface area contributed by atoms with Gasteiger partial charge in [0.15, 0.2) is 0 Å². The Bertz CT molecular complexity index is 665. The molecule has 122 valence electrons. The number of ether oxygens (including phenoxy) is 1. The summed E-state index contributed by atoms with van der Waals surface area (Å²) in [5.41, 5.74) is 1.44. The first-order valence-corrected chi connectivity index (χ1v) is 7.32. The highest BCUT2D eigenvalue weighted by Crippen LogP contribution is 2.28. The van der Waals surface area contributed by atoms with Crippen molar-refractivity contribution in [2.75, 3.05) is 12.4 Å². The number of allylic oxidation sites excluding steroid dienone is 2. The number of anilines is 1. The smallest absolute Gasteiger partial charge is 0.338 e. The topological polar surface area (TPSA) is 92.7 Å². The summed E-state index contributed by atoms with van der Waals surface area (Å²) in [6.45, 7) is 1.71. The molecule has 0 saturated carbocycles. The van der Waals surface area contributed by atoms with Gasteiger partial charge < -0.3 is 15.2 Å². The molecule has 0 aliphatic heterocycles. The van der Waals surface area contributed by atoms with Crippen LogP contribution in [0, 0.1) is 18.8 Å². The molecule has 2 N–H and O–H groups in total. The van der Waals surface area contributed by atoms with Gasteiger partial charge in [-0.05, 0) is 37.5 Å². The average Bonchev–Trinajstić information content (AvgIpc) is 2.56. The summed E-state index contributed by atoms with van der Waals surface area (Å²) in [6, 6.07) is 4.93. The first-order valence-electron chi connectivity index (χ1n) is 7.32. The molecule has 0 heterocycles. The Morgan fingerprint density at radius 3 is 2.43 bits per heavy atom. The maximum Gasteiger partial charge on any atom is 0.338 e. The van der Waals surface area contributed by atoms with Gasteiger partial charge in [0, 0.05) is 5.69 Å². The molecular formula is C17H19NO5. The molecule has 0 spiro atoms. The van der Waals surface area contributed by atoms with E-state index in [0.29, 0.717) is 29.7 Å². The molecule has 6 heteroatoms. The monoisotopic (exact) mass is 317 g/mol. The summed E-state index contributed by atoms with van der Waals surface area (Å²) in [5, 5.41) is 12.0. The lowest BCUT2D eigenvalue weighted by molar-refractivity contribution is -0.146. The van der Waals surface area contributed by atoms with Crippen LogP contribution >= 0.6 is 0 Å². The zero-order valence-electron chi connectivity index (χ0n) is 13.0. The molecule has 0 bridgehead atoms. The van der Waals surface area contributed by atoms with Crippen molar-refractivity contribution in [1.82, 2.24) is 0 Å². The van der Waals surface area contributed by atoms with Crippen molar-refractivity contribution >= 4 is 23.5 Å². The second-order valence-electron chi connectivity index (χ2n) is 5.45. The first kappa shape index (κ1) is 16.7. The summed E-state index contributed by atoms with van der Waals surface area (Å²) >= 11 is 0. The lowest BCUT2D eigenvalue weighted by Gasteiger charge is -2.24. The fourth-order valence-corrected chi connectivity index (χ4v) is 2.70. The van der Waals surface area contributed by atoms with Crippen LogP contribution in [0.2, 0.25) is 0 Å². The third kappa shape index (κ3) is 3.59. The molecule has 2 rings (SSSR count). The molecule has 0 aromatic heterocycles. The number of esters is 1. The van der Waals surface area contributed by atoms with E-state index in [1.165, 1.54) is 7.11 Å². The highest BCUT2D eigenvalue weighted by molar-refractivity contribution is 5.98. The van der Waals surface area contributed by atoms with Gasteiger partial charge in [-0.2, -0.15) is 0 Å². The molecule has 0 radical (unpaired) electrons. The summed E-state index contributed by atoms with van der Waals surface area (Å²) in [6.07, 6.45) is 4.33. The fraction of sp³-hybridized carbons (Fsp3) is 0.353. The second kappa shape index (κ2) is 7.09. The van der Waals surface area contributed by atoms with E-state index in [9.17, 15) is 19.5 Å². The van der Waals surface area contributed by atoms with Gasteiger partial charge in [0.1, 0.15) is 0 Å². The Morgan fingerprint density at radius 1 is 1.17 bits per heavy atom. The Labute approximate surface area is 134 Å². The largest absolute Gasteiger partial charge is 0.481 e. The van der Waals surface area contributed by atoms with Crippen LogP contribution < -0.4 is 5.32 Å². The van der Waals surface area contributed by atoms with E-state index in [1.807, 2.05) is 6.08 Å². The minimum absolute atomic E-state index is 0.342. The third-order valence-electron chi connectivity index (χ3n) is 4.08. The van der Waals surface area contributed by atoms with Crippen LogP contribution in [0.5, 0.6) is 0 Å². The van der Waals surface area contributed by atoms with Crippen LogP contribution in [0.25, 0.3) is 0 Å². The zero-order valence-corrected chi connectivity index (χ0v) is 13.0. The van der Waals surface area contributed by atoms with Crippen molar-refractivity contribution in [3.05, 3.63) is 41.5 Å². The average molecular weight is 317 g/mol. The number of benzene rings is 1. The third-order valence-corrected chi connectivity index (χ3v) is 4.08. The molecule has 1 aromatic rings. The van der Waals surface area contributed by atoms with E-state index >= 15 is 0 Å². The van der Waals surface area contributed by atoms with E-state index in [4.69, 9.17) is 4.74 Å². The van der Waals surface area contributed by atoms with E-state index in [1.54, 1.807) is 31.2 Å². The number of carboxylic acid groups (broad SMARTS) is 1. The number of carbonyl (C=O) groups excluding carboxylic acids is 2. The number of methoxy groups -OCH3 is 1. The number of nitrogens with one attached hydrogen (secondary N) is 1. The molecule has 0 saturated heterocycles. The van der Waals surface area contributed by atoms with Gasteiger partial charge in [0.05, 0.1) is 24.5 Å². The molecule has 2 atom stereocenters. The highest BCUT2D eigenvalue weighted by Gasteiger charge is 2.34. The zero-order chi connectivity index (χ0) is 17.0. The SMILES string of the molecule is COC(=O)c1cccc(NC(=O)[C@@H]2CC=CC[C@@H]2C(=O)O)c1C. The van der Waals surface area contributed by atoms with Gasteiger partial charge >= 0.3 is 11.9 Å². The van der Waals surface area contributed by atoms with Gasteiger partial charge in [-0.1, -0.05) is 18.2 Å². The van der Waals surface area contributed by atoms with Crippen molar-refractivity contribution in [3.8, 4) is 0 Å². The van der Waals surface area contributed by atoms with Crippen LogP contribution in [-0.2, 0) is 14.3 Å². The number of aliphatic carboxylic acids is 1. The van der Waals surface area contributed by atoms with Crippen molar-refractivity contribution in [3.63, 3.8) is 0 Å². The van der Waals surface area contributed by atoms with Crippen molar-refractivity contribution in [2.45, 2.75) is 19.8 Å². The second-order valence-corrected chi connectivity index (χ2v) is 5.45. The lowest BCUT2D eigenvalue weighted by atomic mass is 9.82. The standard InChI is InChI=1S/C17H19NO5/c1-10-11(17(22)23-2)8-5-9-14(10)18-15(19)12-6-3-4-7-13(12)16(20)21/h3-5,8-9,12-13H,6-7H2,1-2H3,(H,18,19)(H,20,21)/t12-,13+/m1/s1. The summed E-state index contributed by atoms with van der Waals surface area (Å²) in [7, 11) is 1.29. The van der Waals surface area contributed by atoms with E-state index in [-0.39, 0.29) is 5.91 Å². The maximum atomic E-state index is 12.5. The molecule has 23 heavy (non-hydrogen) atoms. The predicted molar refractivity (Wildman–Crippen MR) is 84.1 cm³/mol. The molecule has 1 aliphatic carbocycles.